The average Bonchev–Trinajstić information content (AvgIpc) is 2.71. The van der Waals surface area contributed by atoms with Gasteiger partial charge in [0.05, 0.1) is 17.6 Å². The van der Waals surface area contributed by atoms with Crippen molar-refractivity contribution in [1.82, 2.24) is 19.1 Å². The number of para-hydroxylation sites is 2. The summed E-state index contributed by atoms with van der Waals surface area (Å²) in [6.45, 7) is -0.675. The van der Waals surface area contributed by atoms with Crippen LogP contribution in [-0.4, -0.2) is 25.5 Å². The van der Waals surface area contributed by atoms with Gasteiger partial charge in [-0.15, -0.1) is 0 Å². The minimum absolute atomic E-state index is 0.0231. The normalized spacial score (nSPS) is 11.4. The zero-order valence-corrected chi connectivity index (χ0v) is 11.3. The molecule has 108 valence electrons. The highest BCUT2D eigenvalue weighted by atomic mass is 35.5. The summed E-state index contributed by atoms with van der Waals surface area (Å²) in [6, 6.07) is 8.16. The number of hydrogen-bond acceptors (Lipinski definition) is 3. The molecule has 5 nitrogen and oxygen atoms in total. The maximum Gasteiger partial charge on any atom is 0.335 e. The SMILES string of the molecule is O=c1n(CC(F)F)c2ccccc2n1-c1ccnc(Cl)n1. The fourth-order valence-electron chi connectivity index (χ4n) is 2.19. The highest BCUT2D eigenvalue weighted by Crippen LogP contribution is 2.17. The Bertz CT molecular complexity index is 859. The lowest BCUT2D eigenvalue weighted by molar-refractivity contribution is 0.126. The zero-order chi connectivity index (χ0) is 15.0. The van der Waals surface area contributed by atoms with Crippen LogP contribution in [0.5, 0.6) is 0 Å². The van der Waals surface area contributed by atoms with Gasteiger partial charge in [-0.3, -0.25) is 4.57 Å². The van der Waals surface area contributed by atoms with Crippen LogP contribution in [0.25, 0.3) is 16.9 Å². The molecule has 0 saturated heterocycles. The lowest BCUT2D eigenvalue weighted by Gasteiger charge is -2.01. The van der Waals surface area contributed by atoms with Gasteiger partial charge in [0, 0.05) is 12.3 Å². The standard InChI is InChI=1S/C13H9ClF2N4O/c14-12-17-6-5-11(18-12)20-9-4-2-1-3-8(9)19(13(20)21)7-10(15)16/h1-6,10H,7H2. The Balaban J connectivity index is 2.33. The van der Waals surface area contributed by atoms with Crippen molar-refractivity contribution in [3.63, 3.8) is 0 Å². The Kier molecular flexibility index (Phi) is 3.42. The van der Waals surface area contributed by atoms with Crippen molar-refractivity contribution < 1.29 is 8.78 Å². The molecule has 0 saturated carbocycles. The third-order valence-electron chi connectivity index (χ3n) is 3.00. The van der Waals surface area contributed by atoms with E-state index in [1.54, 1.807) is 24.3 Å². The second-order valence-electron chi connectivity index (χ2n) is 4.29. The Morgan fingerprint density at radius 3 is 2.57 bits per heavy atom. The molecule has 2 heterocycles. The summed E-state index contributed by atoms with van der Waals surface area (Å²) in [5.41, 5.74) is 0.307. The Morgan fingerprint density at radius 2 is 1.90 bits per heavy atom. The first kappa shape index (κ1) is 13.7. The third kappa shape index (κ3) is 2.40. The molecule has 0 spiro atoms. The van der Waals surface area contributed by atoms with Crippen LogP contribution in [0.4, 0.5) is 8.78 Å². The molecule has 0 aliphatic heterocycles. The minimum Gasteiger partial charge on any atom is -0.286 e. The van der Waals surface area contributed by atoms with E-state index in [4.69, 9.17) is 11.6 Å². The van der Waals surface area contributed by atoms with Gasteiger partial charge in [0.15, 0.2) is 0 Å². The topological polar surface area (TPSA) is 52.7 Å². The summed E-state index contributed by atoms with van der Waals surface area (Å²) in [4.78, 5) is 20.1. The molecule has 0 aliphatic rings. The predicted octanol–water partition coefficient (Wildman–Crippen LogP) is 2.50. The van der Waals surface area contributed by atoms with Gasteiger partial charge in [-0.25, -0.2) is 23.1 Å². The Morgan fingerprint density at radius 1 is 1.19 bits per heavy atom. The van der Waals surface area contributed by atoms with Crippen LogP contribution in [0.2, 0.25) is 5.28 Å². The van der Waals surface area contributed by atoms with Gasteiger partial charge >= 0.3 is 5.69 Å². The number of nitrogens with zero attached hydrogens (tertiary/aromatic N) is 4. The van der Waals surface area contributed by atoms with Crippen LogP contribution in [0.1, 0.15) is 0 Å². The highest BCUT2D eigenvalue weighted by molar-refractivity contribution is 6.28. The van der Waals surface area contributed by atoms with E-state index in [1.807, 2.05) is 0 Å². The van der Waals surface area contributed by atoms with Crippen molar-refractivity contribution >= 4 is 22.6 Å². The number of aromatic nitrogens is 4. The molecule has 0 N–H and O–H groups in total. The highest BCUT2D eigenvalue weighted by Gasteiger charge is 2.17. The molecule has 0 aliphatic carbocycles. The average molecular weight is 311 g/mol. The lowest BCUT2D eigenvalue weighted by atomic mass is 10.3. The zero-order valence-electron chi connectivity index (χ0n) is 10.6. The Hall–Kier alpha value is -2.28. The largest absolute Gasteiger partial charge is 0.335 e. The summed E-state index contributed by atoms with van der Waals surface area (Å²) in [5, 5.41) is -0.0231. The molecule has 0 atom stereocenters. The van der Waals surface area contributed by atoms with Crippen LogP contribution in [0, 0.1) is 0 Å². The van der Waals surface area contributed by atoms with E-state index >= 15 is 0 Å². The molecule has 21 heavy (non-hydrogen) atoms. The van der Waals surface area contributed by atoms with E-state index in [9.17, 15) is 13.6 Å². The van der Waals surface area contributed by atoms with Gasteiger partial charge in [0.1, 0.15) is 5.82 Å². The number of imidazole rings is 1. The van der Waals surface area contributed by atoms with Crippen molar-refractivity contribution in [1.29, 1.82) is 0 Å². The van der Waals surface area contributed by atoms with Crippen LogP contribution < -0.4 is 5.69 Å². The van der Waals surface area contributed by atoms with E-state index < -0.39 is 18.7 Å². The number of rotatable bonds is 3. The summed E-state index contributed by atoms with van der Waals surface area (Å²) in [5.74, 6) is 0.240. The van der Waals surface area contributed by atoms with Crippen molar-refractivity contribution in [3.8, 4) is 5.82 Å². The van der Waals surface area contributed by atoms with Gasteiger partial charge in [0.25, 0.3) is 6.43 Å². The predicted molar refractivity (Wildman–Crippen MR) is 74.1 cm³/mol. The molecule has 8 heteroatoms. The first-order valence-corrected chi connectivity index (χ1v) is 6.43. The fraction of sp³-hybridized carbons (Fsp3) is 0.154. The van der Waals surface area contributed by atoms with E-state index in [-0.39, 0.29) is 11.1 Å². The number of hydrogen-bond donors (Lipinski definition) is 0. The quantitative estimate of drug-likeness (QED) is 0.698. The molecule has 0 bridgehead atoms. The molecule has 0 amide bonds. The van der Waals surface area contributed by atoms with E-state index in [0.29, 0.717) is 11.0 Å². The molecule has 0 unspecified atom stereocenters. The van der Waals surface area contributed by atoms with Crippen molar-refractivity contribution in [2.75, 3.05) is 0 Å². The first-order chi connectivity index (χ1) is 10.1. The van der Waals surface area contributed by atoms with Gasteiger partial charge in [0.2, 0.25) is 5.28 Å². The molecular formula is C13H9ClF2N4O. The van der Waals surface area contributed by atoms with Crippen LogP contribution >= 0.6 is 11.6 Å². The molecular weight excluding hydrogens is 302 g/mol. The van der Waals surface area contributed by atoms with E-state index in [2.05, 4.69) is 9.97 Å². The van der Waals surface area contributed by atoms with Crippen molar-refractivity contribution in [3.05, 3.63) is 52.3 Å². The number of alkyl halides is 2. The molecule has 0 fully saturated rings. The molecule has 0 radical (unpaired) electrons. The third-order valence-corrected chi connectivity index (χ3v) is 3.18. The van der Waals surface area contributed by atoms with Crippen molar-refractivity contribution in [2.24, 2.45) is 0 Å². The van der Waals surface area contributed by atoms with Crippen LogP contribution in [0.15, 0.2) is 41.3 Å². The summed E-state index contributed by atoms with van der Waals surface area (Å²) >= 11 is 5.72. The molecule has 3 aromatic rings. The summed E-state index contributed by atoms with van der Waals surface area (Å²) < 4.78 is 27.6. The number of fused-ring (bicyclic) bond motifs is 1. The van der Waals surface area contributed by atoms with E-state index in [1.165, 1.54) is 16.8 Å². The maximum absolute atomic E-state index is 12.7. The second-order valence-corrected chi connectivity index (χ2v) is 4.63. The lowest BCUT2D eigenvalue weighted by Crippen LogP contribution is -2.26. The first-order valence-electron chi connectivity index (χ1n) is 6.05. The fourth-order valence-corrected chi connectivity index (χ4v) is 2.34. The molecule has 3 rings (SSSR count). The van der Waals surface area contributed by atoms with Crippen LogP contribution in [0.3, 0.4) is 0 Å². The van der Waals surface area contributed by atoms with Gasteiger partial charge in [-0.2, -0.15) is 4.98 Å². The Labute approximate surface area is 122 Å². The van der Waals surface area contributed by atoms with Gasteiger partial charge in [-0.05, 0) is 23.7 Å². The second kappa shape index (κ2) is 5.25. The van der Waals surface area contributed by atoms with Gasteiger partial charge < -0.3 is 0 Å². The summed E-state index contributed by atoms with van der Waals surface area (Å²) in [7, 11) is 0. The number of halogens is 3. The smallest absolute Gasteiger partial charge is 0.286 e. The summed E-state index contributed by atoms with van der Waals surface area (Å²) in [6.07, 6.45) is -1.23. The monoisotopic (exact) mass is 310 g/mol. The van der Waals surface area contributed by atoms with Crippen molar-refractivity contribution in [2.45, 2.75) is 13.0 Å². The minimum atomic E-state index is -2.63. The number of benzene rings is 1. The maximum atomic E-state index is 12.7. The van der Waals surface area contributed by atoms with Crippen LogP contribution in [-0.2, 0) is 6.54 Å². The van der Waals surface area contributed by atoms with Gasteiger partial charge in [-0.1, -0.05) is 12.1 Å². The van der Waals surface area contributed by atoms with E-state index in [0.717, 1.165) is 4.57 Å². The molecule has 2 aromatic heterocycles. The molecule has 1 aromatic carbocycles.